The van der Waals surface area contributed by atoms with E-state index >= 15 is 0 Å². The van der Waals surface area contributed by atoms with Crippen LogP contribution in [0.3, 0.4) is 0 Å². The van der Waals surface area contributed by atoms with Crippen LogP contribution >= 0.6 is 23.4 Å². The second-order valence-corrected chi connectivity index (χ2v) is 6.43. The Morgan fingerprint density at radius 3 is 2.48 bits per heavy atom. The fourth-order valence-electron chi connectivity index (χ4n) is 1.72. The molecule has 0 radical (unpaired) electrons. The molecular weight excluding hydrogens is 310 g/mol. The van der Waals surface area contributed by atoms with Crippen molar-refractivity contribution in [2.24, 2.45) is 5.92 Å². The van der Waals surface area contributed by atoms with Crippen molar-refractivity contribution in [1.29, 1.82) is 0 Å². The lowest BCUT2D eigenvalue weighted by atomic mass is 9.99. The van der Waals surface area contributed by atoms with E-state index in [0.717, 1.165) is 4.90 Å². The lowest BCUT2D eigenvalue weighted by molar-refractivity contribution is -0.143. The van der Waals surface area contributed by atoms with E-state index < -0.39 is 12.0 Å². The number of hydrogen-bond donors (Lipinski definition) is 2. The zero-order valence-electron chi connectivity index (χ0n) is 12.1. The van der Waals surface area contributed by atoms with Crippen LogP contribution in [0.5, 0.6) is 0 Å². The Balaban J connectivity index is 2.39. The van der Waals surface area contributed by atoms with Crippen molar-refractivity contribution in [1.82, 2.24) is 5.32 Å². The smallest absolute Gasteiger partial charge is 0.326 e. The molecule has 4 nitrogen and oxygen atoms in total. The number of aliphatic carboxylic acids is 1. The Hall–Kier alpha value is -1.20. The summed E-state index contributed by atoms with van der Waals surface area (Å²) >= 11 is 7.34. The van der Waals surface area contributed by atoms with Gasteiger partial charge in [-0.15, -0.1) is 11.8 Å². The minimum absolute atomic E-state index is 0.0876. The number of carboxylic acid groups (broad SMARTS) is 1. The van der Waals surface area contributed by atoms with Gasteiger partial charge in [-0.05, 0) is 30.2 Å². The molecule has 0 spiro atoms. The molecular formula is C15H20ClNO3S. The van der Waals surface area contributed by atoms with E-state index in [0.29, 0.717) is 17.2 Å². The summed E-state index contributed by atoms with van der Waals surface area (Å²) in [5, 5.41) is 12.4. The van der Waals surface area contributed by atoms with Gasteiger partial charge in [-0.25, -0.2) is 4.79 Å². The predicted octanol–water partition coefficient (Wildman–Crippen LogP) is 3.44. The maximum atomic E-state index is 11.8. The van der Waals surface area contributed by atoms with Gasteiger partial charge in [-0.1, -0.05) is 31.9 Å². The van der Waals surface area contributed by atoms with Crippen LogP contribution in [-0.4, -0.2) is 28.8 Å². The number of halogens is 1. The molecule has 1 rings (SSSR count). The Morgan fingerprint density at radius 1 is 1.33 bits per heavy atom. The van der Waals surface area contributed by atoms with Crippen LogP contribution in [0.2, 0.25) is 5.02 Å². The maximum absolute atomic E-state index is 11.8. The maximum Gasteiger partial charge on any atom is 0.326 e. The minimum atomic E-state index is -0.983. The van der Waals surface area contributed by atoms with E-state index in [1.54, 1.807) is 23.9 Å². The van der Waals surface area contributed by atoms with E-state index in [1.807, 2.05) is 26.0 Å². The molecule has 0 heterocycles. The fourth-order valence-corrected chi connectivity index (χ4v) is 2.70. The molecule has 0 fully saturated rings. The Bertz CT molecular complexity index is 478. The van der Waals surface area contributed by atoms with Crippen LogP contribution in [-0.2, 0) is 9.59 Å². The molecule has 1 aromatic rings. The van der Waals surface area contributed by atoms with Gasteiger partial charge >= 0.3 is 5.97 Å². The average molecular weight is 330 g/mol. The number of carboxylic acids is 1. The molecule has 0 aliphatic heterocycles. The van der Waals surface area contributed by atoms with Crippen molar-refractivity contribution in [2.45, 2.75) is 37.6 Å². The zero-order chi connectivity index (χ0) is 15.8. The van der Waals surface area contributed by atoms with Gasteiger partial charge in [-0.2, -0.15) is 0 Å². The van der Waals surface area contributed by atoms with Crippen molar-refractivity contribution in [2.75, 3.05) is 5.75 Å². The molecule has 1 amide bonds. The van der Waals surface area contributed by atoms with E-state index in [1.165, 1.54) is 0 Å². The number of nitrogens with one attached hydrogen (secondary N) is 1. The highest BCUT2D eigenvalue weighted by atomic mass is 35.5. The van der Waals surface area contributed by atoms with Crippen LogP contribution in [0, 0.1) is 5.92 Å². The Labute approximate surface area is 134 Å². The number of amides is 1. The first-order chi connectivity index (χ1) is 9.93. The molecule has 21 heavy (non-hydrogen) atoms. The molecule has 0 saturated carbocycles. The first kappa shape index (κ1) is 17.9. The molecule has 2 atom stereocenters. The normalized spacial score (nSPS) is 13.5. The number of hydrogen-bond acceptors (Lipinski definition) is 3. The van der Waals surface area contributed by atoms with Crippen molar-refractivity contribution in [3.05, 3.63) is 29.3 Å². The number of benzene rings is 1. The number of thioether (sulfide) groups is 1. The highest BCUT2D eigenvalue weighted by Gasteiger charge is 2.24. The standard InChI is InChI=1S/C15H20ClNO3S/c1-3-10(2)14(15(19)20)17-13(18)8-9-21-12-6-4-11(16)5-7-12/h4-7,10,14H,3,8-9H2,1-2H3,(H,17,18)(H,19,20)/t10-,14-/m0/s1. The van der Waals surface area contributed by atoms with Crippen molar-refractivity contribution in [3.8, 4) is 0 Å². The first-order valence-corrected chi connectivity index (χ1v) is 8.21. The third kappa shape index (κ3) is 6.40. The van der Waals surface area contributed by atoms with Crippen LogP contribution in [0.25, 0.3) is 0 Å². The number of carbonyl (C=O) groups excluding carboxylic acids is 1. The molecule has 0 aromatic heterocycles. The predicted molar refractivity (Wildman–Crippen MR) is 85.8 cm³/mol. The van der Waals surface area contributed by atoms with Gasteiger partial charge in [0.15, 0.2) is 0 Å². The summed E-state index contributed by atoms with van der Waals surface area (Å²) in [5.41, 5.74) is 0. The fraction of sp³-hybridized carbons (Fsp3) is 0.467. The van der Waals surface area contributed by atoms with E-state index in [2.05, 4.69) is 5.32 Å². The van der Waals surface area contributed by atoms with Gasteiger partial charge in [0.2, 0.25) is 5.91 Å². The summed E-state index contributed by atoms with van der Waals surface area (Å²) < 4.78 is 0. The van der Waals surface area contributed by atoms with Gasteiger partial charge < -0.3 is 10.4 Å². The molecule has 0 bridgehead atoms. The van der Waals surface area contributed by atoms with E-state index in [-0.39, 0.29) is 18.2 Å². The second kappa shape index (κ2) is 8.95. The van der Waals surface area contributed by atoms with Crippen molar-refractivity contribution in [3.63, 3.8) is 0 Å². The summed E-state index contributed by atoms with van der Waals surface area (Å²) in [6, 6.07) is 6.57. The summed E-state index contributed by atoms with van der Waals surface area (Å²) in [4.78, 5) is 24.0. The molecule has 0 aliphatic carbocycles. The lowest BCUT2D eigenvalue weighted by Gasteiger charge is -2.20. The van der Waals surface area contributed by atoms with Gasteiger partial charge in [0.25, 0.3) is 0 Å². The summed E-state index contributed by atoms with van der Waals surface area (Å²) in [7, 11) is 0. The average Bonchev–Trinajstić information content (AvgIpc) is 2.45. The molecule has 116 valence electrons. The summed E-state index contributed by atoms with van der Waals surface area (Å²) in [5.74, 6) is -0.706. The molecule has 0 unspecified atom stereocenters. The third-order valence-corrected chi connectivity index (χ3v) is 4.47. The highest BCUT2D eigenvalue weighted by Crippen LogP contribution is 2.21. The SMILES string of the molecule is CC[C@H](C)[C@H](NC(=O)CCSc1ccc(Cl)cc1)C(=O)O. The zero-order valence-corrected chi connectivity index (χ0v) is 13.7. The topological polar surface area (TPSA) is 66.4 Å². The minimum Gasteiger partial charge on any atom is -0.480 e. The Morgan fingerprint density at radius 2 is 1.95 bits per heavy atom. The van der Waals surface area contributed by atoms with Gasteiger partial charge in [0, 0.05) is 22.1 Å². The second-order valence-electron chi connectivity index (χ2n) is 4.82. The third-order valence-electron chi connectivity index (χ3n) is 3.21. The van der Waals surface area contributed by atoms with Gasteiger partial charge in [0.05, 0.1) is 0 Å². The number of carbonyl (C=O) groups is 2. The Kier molecular flexibility index (Phi) is 7.61. The lowest BCUT2D eigenvalue weighted by Crippen LogP contribution is -2.45. The summed E-state index contributed by atoms with van der Waals surface area (Å²) in [6.07, 6.45) is 0.990. The largest absolute Gasteiger partial charge is 0.480 e. The van der Waals surface area contributed by atoms with Crippen LogP contribution in [0.1, 0.15) is 26.7 Å². The molecule has 1 aromatic carbocycles. The summed E-state index contributed by atoms with van der Waals surface area (Å²) in [6.45, 7) is 3.73. The van der Waals surface area contributed by atoms with Crippen LogP contribution < -0.4 is 5.32 Å². The molecule has 2 N–H and O–H groups in total. The first-order valence-electron chi connectivity index (χ1n) is 6.84. The molecule has 0 saturated heterocycles. The van der Waals surface area contributed by atoms with Crippen molar-refractivity contribution >= 4 is 35.2 Å². The highest BCUT2D eigenvalue weighted by molar-refractivity contribution is 7.99. The monoisotopic (exact) mass is 329 g/mol. The van der Waals surface area contributed by atoms with Crippen molar-refractivity contribution < 1.29 is 14.7 Å². The number of rotatable bonds is 8. The molecule has 0 aliphatic rings. The van der Waals surface area contributed by atoms with Crippen LogP contribution in [0.4, 0.5) is 0 Å². The van der Waals surface area contributed by atoms with Gasteiger partial charge in [0.1, 0.15) is 6.04 Å². The van der Waals surface area contributed by atoms with E-state index in [9.17, 15) is 9.59 Å². The van der Waals surface area contributed by atoms with E-state index in [4.69, 9.17) is 16.7 Å². The van der Waals surface area contributed by atoms with Gasteiger partial charge in [-0.3, -0.25) is 4.79 Å². The quantitative estimate of drug-likeness (QED) is 0.717. The van der Waals surface area contributed by atoms with Crippen LogP contribution in [0.15, 0.2) is 29.2 Å². The molecule has 6 heteroatoms.